The first-order chi connectivity index (χ1) is 11.4. The van der Waals surface area contributed by atoms with Crippen molar-refractivity contribution in [1.82, 2.24) is 14.6 Å². The third-order valence-corrected chi connectivity index (χ3v) is 3.98. The molecule has 1 aromatic carbocycles. The fourth-order valence-electron chi connectivity index (χ4n) is 2.32. The summed E-state index contributed by atoms with van der Waals surface area (Å²) in [6, 6.07) is 9.19. The quantitative estimate of drug-likeness (QED) is 0.632. The number of rotatable bonds is 2. The number of hydrogen-bond donors (Lipinski definition) is 0. The normalized spacial score (nSPS) is 12.2. The number of hydrogen-bond acceptors (Lipinski definition) is 4. The monoisotopic (exact) mass is 384 g/mol. The van der Waals surface area contributed by atoms with E-state index in [-0.39, 0.29) is 11.0 Å². The molecule has 0 aliphatic heterocycles. The van der Waals surface area contributed by atoms with Crippen LogP contribution in [0, 0.1) is 0 Å². The van der Waals surface area contributed by atoms with Gasteiger partial charge in [0.1, 0.15) is 5.82 Å². The lowest BCUT2D eigenvalue weighted by Crippen LogP contribution is -2.29. The highest BCUT2D eigenvalue weighted by Crippen LogP contribution is 2.22. The average molecular weight is 385 g/mol. The van der Waals surface area contributed by atoms with E-state index in [9.17, 15) is 4.79 Å². The van der Waals surface area contributed by atoms with E-state index in [0.717, 1.165) is 10.0 Å². The van der Waals surface area contributed by atoms with Crippen molar-refractivity contribution < 1.29 is 0 Å². The van der Waals surface area contributed by atoms with Crippen molar-refractivity contribution >= 4 is 33.0 Å². The van der Waals surface area contributed by atoms with Gasteiger partial charge in [-0.3, -0.25) is 9.78 Å². The first-order valence-electron chi connectivity index (χ1n) is 7.53. The summed E-state index contributed by atoms with van der Waals surface area (Å²) in [4.78, 5) is 21.7. The van der Waals surface area contributed by atoms with E-state index >= 15 is 0 Å². The summed E-state index contributed by atoms with van der Waals surface area (Å²) in [5.41, 5.74) is 0.970. The van der Waals surface area contributed by atoms with Crippen molar-refractivity contribution in [3.8, 4) is 0 Å². The smallest absolute Gasteiger partial charge is 0.267 e. The molecule has 0 fully saturated rings. The predicted molar refractivity (Wildman–Crippen MR) is 99.6 cm³/mol. The Balaban J connectivity index is 2.26. The molecule has 24 heavy (non-hydrogen) atoms. The Kier molecular flexibility index (Phi) is 4.32. The lowest BCUT2D eigenvalue weighted by molar-refractivity contribution is 0.506. The van der Waals surface area contributed by atoms with Crippen LogP contribution in [0.5, 0.6) is 0 Å². The minimum atomic E-state index is -0.327. The standard InChI is InChI=1S/C18H17BrN4O/c1-18(2,3)17-22-15-7-6-13(19)9-14(15)16(24)23(17)21-11-12-5-4-8-20-10-12/h4-11H,1-3H3. The molecule has 0 atom stereocenters. The van der Waals surface area contributed by atoms with Gasteiger partial charge in [-0.2, -0.15) is 9.78 Å². The molecule has 0 amide bonds. The van der Waals surface area contributed by atoms with Crippen LogP contribution >= 0.6 is 15.9 Å². The molecule has 0 bridgehead atoms. The van der Waals surface area contributed by atoms with E-state index in [1.54, 1.807) is 24.7 Å². The lowest BCUT2D eigenvalue weighted by Gasteiger charge is -2.20. The molecule has 122 valence electrons. The zero-order valence-electron chi connectivity index (χ0n) is 13.7. The Morgan fingerprint density at radius 3 is 2.71 bits per heavy atom. The van der Waals surface area contributed by atoms with Gasteiger partial charge in [0.15, 0.2) is 0 Å². The zero-order chi connectivity index (χ0) is 17.3. The van der Waals surface area contributed by atoms with Gasteiger partial charge in [0.2, 0.25) is 0 Å². The largest absolute Gasteiger partial charge is 0.282 e. The fourth-order valence-corrected chi connectivity index (χ4v) is 2.68. The highest BCUT2D eigenvalue weighted by Gasteiger charge is 2.22. The van der Waals surface area contributed by atoms with Gasteiger partial charge in [0.05, 0.1) is 17.1 Å². The van der Waals surface area contributed by atoms with Gasteiger partial charge in [-0.05, 0) is 24.3 Å². The molecule has 6 heteroatoms. The van der Waals surface area contributed by atoms with Gasteiger partial charge in [-0.1, -0.05) is 42.8 Å². The topological polar surface area (TPSA) is 60.1 Å². The van der Waals surface area contributed by atoms with E-state index in [1.807, 2.05) is 45.0 Å². The molecule has 3 aromatic rings. The van der Waals surface area contributed by atoms with Gasteiger partial charge in [0, 0.05) is 27.8 Å². The number of halogens is 1. The number of nitrogens with zero attached hydrogens (tertiary/aromatic N) is 4. The molecule has 2 aromatic heterocycles. The maximum atomic E-state index is 12.9. The van der Waals surface area contributed by atoms with Crippen LogP contribution in [0.15, 0.2) is 57.1 Å². The summed E-state index contributed by atoms with van der Waals surface area (Å²) in [6.07, 6.45) is 5.00. The zero-order valence-corrected chi connectivity index (χ0v) is 15.3. The van der Waals surface area contributed by atoms with E-state index in [0.29, 0.717) is 16.7 Å². The molecule has 0 radical (unpaired) electrons. The highest BCUT2D eigenvalue weighted by molar-refractivity contribution is 9.10. The number of benzene rings is 1. The van der Waals surface area contributed by atoms with Crippen molar-refractivity contribution in [2.24, 2.45) is 5.10 Å². The molecule has 0 unspecified atom stereocenters. The molecule has 0 aliphatic carbocycles. The molecular formula is C18H17BrN4O. The first kappa shape index (κ1) is 16.5. The van der Waals surface area contributed by atoms with Crippen LogP contribution < -0.4 is 5.56 Å². The second-order valence-corrected chi connectivity index (χ2v) is 7.41. The Hall–Kier alpha value is -2.34. The second-order valence-electron chi connectivity index (χ2n) is 6.49. The van der Waals surface area contributed by atoms with E-state index in [1.165, 1.54) is 4.68 Å². The predicted octanol–water partition coefficient (Wildman–Crippen LogP) is 3.73. The maximum absolute atomic E-state index is 12.9. The lowest BCUT2D eigenvalue weighted by atomic mass is 9.95. The summed E-state index contributed by atoms with van der Waals surface area (Å²) >= 11 is 3.40. The van der Waals surface area contributed by atoms with Crippen LogP contribution in [0.1, 0.15) is 32.2 Å². The maximum Gasteiger partial charge on any atom is 0.282 e. The summed E-state index contributed by atoms with van der Waals surface area (Å²) in [5.74, 6) is 0.613. The van der Waals surface area contributed by atoms with Crippen molar-refractivity contribution in [2.45, 2.75) is 26.2 Å². The Morgan fingerprint density at radius 2 is 2.04 bits per heavy atom. The van der Waals surface area contributed by atoms with E-state index in [2.05, 4.69) is 31.0 Å². The molecular weight excluding hydrogens is 368 g/mol. The Morgan fingerprint density at radius 1 is 1.25 bits per heavy atom. The molecule has 3 rings (SSSR count). The molecule has 0 saturated heterocycles. The average Bonchev–Trinajstić information content (AvgIpc) is 2.54. The van der Waals surface area contributed by atoms with Gasteiger partial charge in [-0.15, -0.1) is 0 Å². The molecule has 0 spiro atoms. The van der Waals surface area contributed by atoms with Crippen LogP contribution in [-0.4, -0.2) is 20.9 Å². The Bertz CT molecular complexity index is 972. The summed E-state index contributed by atoms with van der Waals surface area (Å²) in [6.45, 7) is 6.03. The van der Waals surface area contributed by atoms with Gasteiger partial charge in [-0.25, -0.2) is 4.98 Å². The van der Waals surface area contributed by atoms with Crippen LogP contribution in [0.4, 0.5) is 0 Å². The van der Waals surface area contributed by atoms with E-state index < -0.39 is 0 Å². The molecule has 5 nitrogen and oxygen atoms in total. The van der Waals surface area contributed by atoms with Crippen LogP contribution in [0.3, 0.4) is 0 Å². The molecule has 0 N–H and O–H groups in total. The minimum absolute atomic E-state index is 0.189. The van der Waals surface area contributed by atoms with Crippen molar-refractivity contribution in [3.05, 3.63) is 68.9 Å². The summed E-state index contributed by atoms with van der Waals surface area (Å²) < 4.78 is 2.21. The molecule has 0 saturated carbocycles. The van der Waals surface area contributed by atoms with E-state index in [4.69, 9.17) is 0 Å². The van der Waals surface area contributed by atoms with Crippen molar-refractivity contribution in [1.29, 1.82) is 0 Å². The third kappa shape index (κ3) is 3.28. The Labute approximate surface area is 148 Å². The van der Waals surface area contributed by atoms with Gasteiger partial charge < -0.3 is 0 Å². The minimum Gasteiger partial charge on any atom is -0.267 e. The third-order valence-electron chi connectivity index (χ3n) is 3.49. The summed E-state index contributed by atoms with van der Waals surface area (Å²) in [7, 11) is 0. The van der Waals surface area contributed by atoms with Gasteiger partial charge >= 0.3 is 0 Å². The second kappa shape index (κ2) is 6.28. The SMILES string of the molecule is CC(C)(C)c1nc2ccc(Br)cc2c(=O)n1N=Cc1cccnc1. The summed E-state index contributed by atoms with van der Waals surface area (Å²) in [5, 5.41) is 4.91. The van der Waals surface area contributed by atoms with Crippen LogP contribution in [-0.2, 0) is 5.41 Å². The number of pyridine rings is 1. The molecule has 2 heterocycles. The highest BCUT2D eigenvalue weighted by atomic mass is 79.9. The van der Waals surface area contributed by atoms with Crippen LogP contribution in [0.25, 0.3) is 10.9 Å². The first-order valence-corrected chi connectivity index (χ1v) is 8.33. The number of aromatic nitrogens is 3. The van der Waals surface area contributed by atoms with Crippen molar-refractivity contribution in [3.63, 3.8) is 0 Å². The van der Waals surface area contributed by atoms with Crippen LogP contribution in [0.2, 0.25) is 0 Å². The molecule has 0 aliphatic rings. The fraction of sp³-hybridized carbons (Fsp3) is 0.222. The van der Waals surface area contributed by atoms with Crippen molar-refractivity contribution in [2.75, 3.05) is 0 Å². The van der Waals surface area contributed by atoms with Gasteiger partial charge in [0.25, 0.3) is 5.56 Å². The number of fused-ring (bicyclic) bond motifs is 1.